The topological polar surface area (TPSA) is 73.6 Å². The lowest BCUT2D eigenvalue weighted by Gasteiger charge is -2.20. The van der Waals surface area contributed by atoms with Crippen LogP contribution in [0, 0.1) is 6.92 Å². The average Bonchev–Trinajstić information content (AvgIpc) is 3.24. The third kappa shape index (κ3) is 3.61. The van der Waals surface area contributed by atoms with Gasteiger partial charge in [0.05, 0.1) is 17.8 Å². The van der Waals surface area contributed by atoms with Gasteiger partial charge in [-0.1, -0.05) is 0 Å². The van der Waals surface area contributed by atoms with Crippen molar-refractivity contribution in [3.63, 3.8) is 0 Å². The maximum atomic E-state index is 12.4. The van der Waals surface area contributed by atoms with Crippen LogP contribution < -0.4 is 14.8 Å². The van der Waals surface area contributed by atoms with Crippen LogP contribution in [0.25, 0.3) is 10.8 Å². The number of hydrogen-bond acceptors (Lipinski definition) is 6. The van der Waals surface area contributed by atoms with Crippen LogP contribution in [-0.4, -0.2) is 24.1 Å². The van der Waals surface area contributed by atoms with E-state index in [-0.39, 0.29) is 12.3 Å². The van der Waals surface area contributed by atoms with E-state index in [1.54, 1.807) is 12.1 Å². The zero-order chi connectivity index (χ0) is 18.1. The Kier molecular flexibility index (Phi) is 4.69. The number of nitrogens with zero attached hydrogens (tertiary/aromatic N) is 1. The summed E-state index contributed by atoms with van der Waals surface area (Å²) in [5.41, 5.74) is 1.33. The van der Waals surface area contributed by atoms with Crippen LogP contribution in [0.15, 0.2) is 38.5 Å². The lowest BCUT2D eigenvalue weighted by atomic mass is 10.2. The van der Waals surface area contributed by atoms with Gasteiger partial charge in [0.15, 0.2) is 22.3 Å². The Morgan fingerprint density at radius 2 is 2.04 bits per heavy atom. The fraction of sp³-hybridized carbons (Fsp3) is 0.222. The third-order valence-corrected chi connectivity index (χ3v) is 5.31. The van der Waals surface area contributed by atoms with Crippen molar-refractivity contribution >= 4 is 38.9 Å². The molecule has 1 aliphatic rings. The van der Waals surface area contributed by atoms with Gasteiger partial charge >= 0.3 is 0 Å². The number of amides is 1. The molecule has 134 valence electrons. The summed E-state index contributed by atoms with van der Waals surface area (Å²) in [6, 6.07) is 7.33. The average molecular weight is 435 g/mol. The number of rotatable bonds is 4. The summed E-state index contributed by atoms with van der Waals surface area (Å²) in [6.45, 7) is 2.90. The predicted octanol–water partition coefficient (Wildman–Crippen LogP) is 4.43. The third-order valence-electron chi connectivity index (χ3n) is 3.75. The summed E-state index contributed by atoms with van der Waals surface area (Å²) in [5.74, 6) is 2.68. The van der Waals surface area contributed by atoms with Crippen LogP contribution >= 0.6 is 27.3 Å². The van der Waals surface area contributed by atoms with Crippen LogP contribution in [0.3, 0.4) is 0 Å². The Hall–Kier alpha value is -2.32. The Balaban J connectivity index is 1.45. The van der Waals surface area contributed by atoms with Crippen molar-refractivity contribution in [3.8, 4) is 22.3 Å². The lowest BCUT2D eigenvalue weighted by Crippen LogP contribution is -2.17. The number of hydrogen-bond donors (Lipinski definition) is 1. The molecule has 0 atom stereocenters. The first-order chi connectivity index (χ1) is 12.6. The largest absolute Gasteiger partial charge is 0.486 e. The number of aromatic nitrogens is 1. The van der Waals surface area contributed by atoms with Crippen LogP contribution in [0.2, 0.25) is 0 Å². The van der Waals surface area contributed by atoms with Crippen LogP contribution in [0.1, 0.15) is 11.5 Å². The molecule has 0 unspecified atom stereocenters. The van der Waals surface area contributed by atoms with E-state index in [1.165, 1.54) is 11.3 Å². The molecule has 1 aliphatic heterocycles. The highest BCUT2D eigenvalue weighted by Gasteiger charge is 2.17. The minimum Gasteiger partial charge on any atom is -0.486 e. The van der Waals surface area contributed by atoms with Gasteiger partial charge in [0.25, 0.3) is 0 Å². The van der Waals surface area contributed by atoms with Crippen LogP contribution in [0.5, 0.6) is 11.5 Å². The van der Waals surface area contributed by atoms with E-state index in [0.717, 1.165) is 15.2 Å². The van der Waals surface area contributed by atoms with E-state index in [4.69, 9.17) is 13.9 Å². The molecule has 2 aromatic heterocycles. The fourth-order valence-corrected chi connectivity index (χ4v) is 3.77. The second-order valence-electron chi connectivity index (χ2n) is 5.75. The molecule has 3 aromatic rings. The summed E-state index contributed by atoms with van der Waals surface area (Å²) in [4.78, 5) is 16.9. The fourth-order valence-electron chi connectivity index (χ4n) is 2.57. The van der Waals surface area contributed by atoms with E-state index in [0.29, 0.717) is 41.9 Å². The number of aryl methyl sites for hydroxylation is 1. The van der Waals surface area contributed by atoms with Gasteiger partial charge in [0.1, 0.15) is 19.0 Å². The molecule has 6 nitrogen and oxygen atoms in total. The highest BCUT2D eigenvalue weighted by Crippen LogP contribution is 2.38. The Morgan fingerprint density at radius 3 is 2.77 bits per heavy atom. The summed E-state index contributed by atoms with van der Waals surface area (Å²) in [7, 11) is 0. The number of nitrogens with one attached hydrogen (secondary N) is 1. The molecular weight excluding hydrogens is 420 g/mol. The molecule has 1 aromatic carbocycles. The first-order valence-corrected chi connectivity index (χ1v) is 9.66. The molecule has 1 N–H and O–H groups in total. The summed E-state index contributed by atoms with van der Waals surface area (Å²) < 4.78 is 17.4. The van der Waals surface area contributed by atoms with Crippen molar-refractivity contribution in [2.24, 2.45) is 0 Å². The maximum absolute atomic E-state index is 12.4. The maximum Gasteiger partial charge on any atom is 0.230 e. The smallest absolute Gasteiger partial charge is 0.230 e. The molecule has 0 spiro atoms. The number of furan rings is 1. The van der Waals surface area contributed by atoms with Gasteiger partial charge in [0, 0.05) is 22.0 Å². The van der Waals surface area contributed by atoms with Gasteiger partial charge in [-0.3, -0.25) is 4.79 Å². The van der Waals surface area contributed by atoms with Crippen LogP contribution in [0.4, 0.5) is 5.69 Å². The molecule has 8 heteroatoms. The molecule has 3 heterocycles. The first-order valence-electron chi connectivity index (χ1n) is 7.99. The number of halogens is 1. The number of thiazole rings is 1. The minimum absolute atomic E-state index is 0.158. The molecule has 4 rings (SSSR count). The second-order valence-corrected chi connectivity index (χ2v) is 7.47. The standard InChI is InChI=1S/C18H15BrN2O4S/c1-10-2-3-14(25-10)18-20-11(9-26-18)6-17(22)21-13-8-16-15(7-12(13)19)23-4-5-24-16/h2-3,7-9H,4-6H2,1H3,(H,21,22). The second kappa shape index (κ2) is 7.13. The molecule has 26 heavy (non-hydrogen) atoms. The van der Waals surface area contributed by atoms with Gasteiger partial charge in [-0.25, -0.2) is 4.98 Å². The molecule has 0 aliphatic carbocycles. The van der Waals surface area contributed by atoms with E-state index in [9.17, 15) is 4.79 Å². The predicted molar refractivity (Wildman–Crippen MR) is 102 cm³/mol. The van der Waals surface area contributed by atoms with E-state index in [2.05, 4.69) is 26.2 Å². The number of carbonyl (C=O) groups is 1. The van der Waals surface area contributed by atoms with E-state index >= 15 is 0 Å². The molecular formula is C18H15BrN2O4S. The number of fused-ring (bicyclic) bond motifs is 1. The monoisotopic (exact) mass is 434 g/mol. The Bertz CT molecular complexity index is 966. The summed E-state index contributed by atoms with van der Waals surface area (Å²) in [6.07, 6.45) is 0.178. The lowest BCUT2D eigenvalue weighted by molar-refractivity contribution is -0.115. The summed E-state index contributed by atoms with van der Waals surface area (Å²) in [5, 5.41) is 5.51. The van der Waals surface area contributed by atoms with Crippen molar-refractivity contribution < 1.29 is 18.7 Å². The highest BCUT2D eigenvalue weighted by atomic mass is 79.9. The van der Waals surface area contributed by atoms with E-state index in [1.807, 2.05) is 24.4 Å². The van der Waals surface area contributed by atoms with Crippen molar-refractivity contribution in [2.45, 2.75) is 13.3 Å². The molecule has 0 saturated heterocycles. The molecule has 0 saturated carbocycles. The van der Waals surface area contributed by atoms with Crippen LogP contribution in [-0.2, 0) is 11.2 Å². The van der Waals surface area contributed by atoms with Gasteiger partial charge in [-0.05, 0) is 35.0 Å². The quantitative estimate of drug-likeness (QED) is 0.657. The first kappa shape index (κ1) is 17.1. The Morgan fingerprint density at radius 1 is 1.27 bits per heavy atom. The normalized spacial score (nSPS) is 12.8. The number of carbonyl (C=O) groups excluding carboxylic acids is 1. The highest BCUT2D eigenvalue weighted by molar-refractivity contribution is 9.10. The zero-order valence-electron chi connectivity index (χ0n) is 13.9. The minimum atomic E-state index is -0.158. The van der Waals surface area contributed by atoms with Crippen molar-refractivity contribution in [3.05, 3.63) is 45.6 Å². The SMILES string of the molecule is Cc1ccc(-c2nc(CC(=O)Nc3cc4c(cc3Br)OCCO4)cs2)o1. The van der Waals surface area contributed by atoms with Crippen molar-refractivity contribution in [1.29, 1.82) is 0 Å². The van der Waals surface area contributed by atoms with Gasteiger partial charge in [0.2, 0.25) is 5.91 Å². The molecule has 0 radical (unpaired) electrons. The number of benzene rings is 1. The van der Waals surface area contributed by atoms with Gasteiger partial charge in [-0.15, -0.1) is 11.3 Å². The Labute approximate surface area is 162 Å². The van der Waals surface area contributed by atoms with E-state index < -0.39 is 0 Å². The molecule has 1 amide bonds. The summed E-state index contributed by atoms with van der Waals surface area (Å²) >= 11 is 4.91. The van der Waals surface area contributed by atoms with Crippen molar-refractivity contribution in [1.82, 2.24) is 4.98 Å². The zero-order valence-corrected chi connectivity index (χ0v) is 16.3. The van der Waals surface area contributed by atoms with Gasteiger partial charge < -0.3 is 19.2 Å². The van der Waals surface area contributed by atoms with Crippen molar-refractivity contribution in [2.75, 3.05) is 18.5 Å². The number of anilines is 1. The number of ether oxygens (including phenoxy) is 2. The molecule has 0 bridgehead atoms. The van der Waals surface area contributed by atoms with Gasteiger partial charge in [-0.2, -0.15) is 0 Å². The molecule has 0 fully saturated rings.